The fourth-order valence-electron chi connectivity index (χ4n) is 2.16. The third-order valence-electron chi connectivity index (χ3n) is 2.97. The average molecular weight is 231 g/mol. The van der Waals surface area contributed by atoms with E-state index in [-0.39, 0.29) is 5.60 Å². The lowest BCUT2D eigenvalue weighted by Gasteiger charge is -2.36. The highest BCUT2D eigenvalue weighted by atomic mass is 16.5. The highest BCUT2D eigenvalue weighted by Gasteiger charge is 2.29. The van der Waals surface area contributed by atoms with E-state index in [9.17, 15) is 0 Å². The van der Waals surface area contributed by atoms with Crippen molar-refractivity contribution in [1.29, 1.82) is 5.26 Å². The van der Waals surface area contributed by atoms with Crippen LogP contribution in [0.1, 0.15) is 32.3 Å². The number of nitrogens with one attached hydrogen (secondary N) is 1. The van der Waals surface area contributed by atoms with Crippen LogP contribution in [0.25, 0.3) is 0 Å². The Morgan fingerprint density at radius 1 is 1.59 bits per heavy atom. The predicted octanol–water partition coefficient (Wildman–Crippen LogP) is 2.32. The molecule has 1 aliphatic rings. The topological polar surface area (TPSA) is 57.9 Å². The second-order valence-corrected chi connectivity index (χ2v) is 4.95. The summed E-state index contributed by atoms with van der Waals surface area (Å²) in [5.74, 6) is 0.678. The maximum Gasteiger partial charge on any atom is 0.144 e. The molecule has 0 bridgehead atoms. The van der Waals surface area contributed by atoms with Crippen LogP contribution in [0.2, 0.25) is 0 Å². The molecule has 2 rings (SSSR count). The number of pyridine rings is 1. The van der Waals surface area contributed by atoms with Gasteiger partial charge in [0.1, 0.15) is 11.9 Å². The van der Waals surface area contributed by atoms with Crippen molar-refractivity contribution in [2.24, 2.45) is 0 Å². The summed E-state index contributed by atoms with van der Waals surface area (Å²) < 4.78 is 5.66. The van der Waals surface area contributed by atoms with Crippen LogP contribution in [-0.2, 0) is 4.74 Å². The first-order valence-corrected chi connectivity index (χ1v) is 5.86. The average Bonchev–Trinajstić information content (AvgIpc) is 2.28. The van der Waals surface area contributed by atoms with Crippen molar-refractivity contribution in [1.82, 2.24) is 4.98 Å². The second-order valence-electron chi connectivity index (χ2n) is 4.95. The Morgan fingerprint density at radius 3 is 3.12 bits per heavy atom. The molecule has 0 radical (unpaired) electrons. The summed E-state index contributed by atoms with van der Waals surface area (Å²) in [5, 5.41) is 12.3. The summed E-state index contributed by atoms with van der Waals surface area (Å²) in [5.41, 5.74) is 0.495. The summed E-state index contributed by atoms with van der Waals surface area (Å²) in [6.45, 7) is 4.92. The van der Waals surface area contributed by atoms with Crippen molar-refractivity contribution < 1.29 is 4.74 Å². The molecular formula is C13H17N3O. The van der Waals surface area contributed by atoms with Crippen molar-refractivity contribution in [3.8, 4) is 6.07 Å². The standard InChI is InChI=1S/C13H17N3O/c1-13(2)8-11(5-7-17-13)16-12-10(9-14)4-3-6-15-12/h3-4,6,11H,5,7-8H2,1-2H3,(H,15,16). The summed E-state index contributed by atoms with van der Waals surface area (Å²) in [7, 11) is 0. The van der Waals surface area contributed by atoms with Crippen molar-refractivity contribution in [2.75, 3.05) is 11.9 Å². The molecule has 90 valence electrons. The molecule has 1 saturated heterocycles. The van der Waals surface area contributed by atoms with E-state index in [1.807, 2.05) is 0 Å². The molecule has 1 aliphatic heterocycles. The Morgan fingerprint density at radius 2 is 2.41 bits per heavy atom. The maximum atomic E-state index is 9.00. The Kier molecular flexibility index (Phi) is 3.30. The van der Waals surface area contributed by atoms with Crippen LogP contribution in [-0.4, -0.2) is 23.2 Å². The predicted molar refractivity (Wildman–Crippen MR) is 65.6 cm³/mol. The first-order chi connectivity index (χ1) is 8.11. The van der Waals surface area contributed by atoms with Gasteiger partial charge in [0.25, 0.3) is 0 Å². The van der Waals surface area contributed by atoms with Gasteiger partial charge >= 0.3 is 0 Å². The Hall–Kier alpha value is -1.60. The Balaban J connectivity index is 2.08. The van der Waals surface area contributed by atoms with E-state index < -0.39 is 0 Å². The third-order valence-corrected chi connectivity index (χ3v) is 2.97. The molecule has 1 unspecified atom stereocenters. The molecular weight excluding hydrogens is 214 g/mol. The van der Waals surface area contributed by atoms with Gasteiger partial charge in [-0.15, -0.1) is 0 Å². The zero-order valence-corrected chi connectivity index (χ0v) is 10.2. The first kappa shape index (κ1) is 11.9. The molecule has 17 heavy (non-hydrogen) atoms. The fraction of sp³-hybridized carbons (Fsp3) is 0.538. The van der Waals surface area contributed by atoms with Gasteiger partial charge in [-0.25, -0.2) is 4.98 Å². The molecule has 1 N–H and O–H groups in total. The number of aromatic nitrogens is 1. The molecule has 1 aromatic rings. The lowest BCUT2D eigenvalue weighted by molar-refractivity contribution is -0.0553. The zero-order valence-electron chi connectivity index (χ0n) is 10.2. The Labute approximate surface area is 102 Å². The molecule has 1 fully saturated rings. The molecule has 4 nitrogen and oxygen atoms in total. The Bertz CT molecular complexity index is 437. The number of hydrogen-bond donors (Lipinski definition) is 1. The fourth-order valence-corrected chi connectivity index (χ4v) is 2.16. The molecule has 0 saturated carbocycles. The highest BCUT2D eigenvalue weighted by molar-refractivity contribution is 5.51. The minimum Gasteiger partial charge on any atom is -0.375 e. The van der Waals surface area contributed by atoms with Crippen molar-refractivity contribution >= 4 is 5.82 Å². The van der Waals surface area contributed by atoms with Crippen LogP contribution < -0.4 is 5.32 Å². The van der Waals surface area contributed by atoms with Gasteiger partial charge in [-0.3, -0.25) is 0 Å². The normalized spacial score (nSPS) is 22.8. The van der Waals surface area contributed by atoms with Gasteiger partial charge < -0.3 is 10.1 Å². The van der Waals surface area contributed by atoms with Gasteiger partial charge in [0.15, 0.2) is 0 Å². The van der Waals surface area contributed by atoms with Crippen molar-refractivity contribution in [3.63, 3.8) is 0 Å². The number of hydrogen-bond acceptors (Lipinski definition) is 4. The third kappa shape index (κ3) is 2.95. The van der Waals surface area contributed by atoms with Crippen molar-refractivity contribution in [2.45, 2.75) is 38.3 Å². The summed E-state index contributed by atoms with van der Waals surface area (Å²) >= 11 is 0. The molecule has 4 heteroatoms. The number of nitriles is 1. The maximum absolute atomic E-state index is 9.00. The molecule has 1 aromatic heterocycles. The van der Waals surface area contributed by atoms with Crippen LogP contribution in [0.15, 0.2) is 18.3 Å². The summed E-state index contributed by atoms with van der Waals surface area (Å²) in [4.78, 5) is 4.22. The summed E-state index contributed by atoms with van der Waals surface area (Å²) in [6, 6.07) is 6.02. The first-order valence-electron chi connectivity index (χ1n) is 5.86. The minimum atomic E-state index is -0.0997. The van der Waals surface area contributed by atoms with E-state index in [4.69, 9.17) is 10.00 Å². The number of rotatable bonds is 2. The van der Waals surface area contributed by atoms with Crippen molar-refractivity contribution in [3.05, 3.63) is 23.9 Å². The van der Waals surface area contributed by atoms with E-state index in [1.165, 1.54) is 0 Å². The molecule has 2 heterocycles. The highest BCUT2D eigenvalue weighted by Crippen LogP contribution is 2.26. The van der Waals surface area contributed by atoms with Crippen LogP contribution in [0.5, 0.6) is 0 Å². The summed E-state index contributed by atoms with van der Waals surface area (Å²) in [6.07, 6.45) is 3.58. The SMILES string of the molecule is CC1(C)CC(Nc2ncccc2C#N)CCO1. The van der Waals surface area contributed by atoms with Gasteiger partial charge in [-0.05, 0) is 38.8 Å². The van der Waals surface area contributed by atoms with E-state index in [1.54, 1.807) is 18.3 Å². The second kappa shape index (κ2) is 4.72. The number of nitrogens with zero attached hydrogens (tertiary/aromatic N) is 2. The van der Waals surface area contributed by atoms with E-state index in [0.717, 1.165) is 19.4 Å². The van der Waals surface area contributed by atoms with Crippen LogP contribution >= 0.6 is 0 Å². The lowest BCUT2D eigenvalue weighted by atomic mass is 9.94. The molecule has 0 aromatic carbocycles. The van der Waals surface area contributed by atoms with E-state index in [2.05, 4.69) is 30.2 Å². The zero-order chi connectivity index (χ0) is 12.3. The molecule has 0 spiro atoms. The number of ether oxygens (including phenoxy) is 1. The van der Waals surface area contributed by atoms with Crippen LogP contribution in [0.3, 0.4) is 0 Å². The van der Waals surface area contributed by atoms with Crippen LogP contribution in [0, 0.1) is 11.3 Å². The minimum absolute atomic E-state index is 0.0997. The van der Waals surface area contributed by atoms with E-state index >= 15 is 0 Å². The van der Waals surface area contributed by atoms with Gasteiger partial charge in [0, 0.05) is 18.8 Å². The lowest BCUT2D eigenvalue weighted by Crippen LogP contribution is -2.40. The largest absolute Gasteiger partial charge is 0.375 e. The molecule has 1 atom stereocenters. The van der Waals surface area contributed by atoms with Gasteiger partial charge in [-0.2, -0.15) is 5.26 Å². The van der Waals surface area contributed by atoms with Gasteiger partial charge in [0.05, 0.1) is 11.2 Å². The van der Waals surface area contributed by atoms with Gasteiger partial charge in [-0.1, -0.05) is 0 Å². The monoisotopic (exact) mass is 231 g/mol. The molecule has 0 amide bonds. The smallest absolute Gasteiger partial charge is 0.144 e. The van der Waals surface area contributed by atoms with E-state index in [0.29, 0.717) is 17.4 Å². The van der Waals surface area contributed by atoms with Gasteiger partial charge in [0.2, 0.25) is 0 Å². The van der Waals surface area contributed by atoms with Crippen LogP contribution in [0.4, 0.5) is 5.82 Å². The number of anilines is 1. The quantitative estimate of drug-likeness (QED) is 0.848. The molecule has 0 aliphatic carbocycles.